The van der Waals surface area contributed by atoms with E-state index in [0.29, 0.717) is 17.0 Å². The van der Waals surface area contributed by atoms with Crippen LogP contribution >= 0.6 is 0 Å². The topological polar surface area (TPSA) is 103 Å². The minimum atomic E-state index is -1.16. The number of aromatic carboxylic acids is 2. The summed E-state index contributed by atoms with van der Waals surface area (Å²) < 4.78 is 1.58. The van der Waals surface area contributed by atoms with Gasteiger partial charge in [0.25, 0.3) is 0 Å². The van der Waals surface area contributed by atoms with Gasteiger partial charge in [-0.2, -0.15) is 5.26 Å². The minimum Gasteiger partial charge on any atom is -0.478 e. The number of hydrogen-bond donors (Lipinski definition) is 2. The van der Waals surface area contributed by atoms with E-state index in [1.807, 2.05) is 6.07 Å². The van der Waals surface area contributed by atoms with Gasteiger partial charge in [0.15, 0.2) is 0 Å². The van der Waals surface area contributed by atoms with Crippen LogP contribution < -0.4 is 0 Å². The number of hydrogen-bond acceptors (Lipinski definition) is 3. The van der Waals surface area contributed by atoms with Gasteiger partial charge in [0.05, 0.1) is 22.4 Å². The Bertz CT molecular complexity index is 797. The summed E-state index contributed by atoms with van der Waals surface area (Å²) in [4.78, 5) is 22.4. The molecule has 0 radical (unpaired) electrons. The Hall–Kier alpha value is -3.07. The largest absolute Gasteiger partial charge is 0.478 e. The molecule has 2 rings (SSSR count). The van der Waals surface area contributed by atoms with Crippen LogP contribution in [0.3, 0.4) is 0 Å². The highest BCUT2D eigenvalue weighted by atomic mass is 16.4. The van der Waals surface area contributed by atoms with Crippen LogP contribution in [0.1, 0.15) is 37.7 Å². The number of carboxylic acids is 2. The van der Waals surface area contributed by atoms with Gasteiger partial charge in [-0.3, -0.25) is 0 Å². The molecule has 106 valence electrons. The molecular formula is C15H12N2O4. The maximum Gasteiger partial charge on any atom is 0.337 e. The Labute approximate surface area is 120 Å². The van der Waals surface area contributed by atoms with Crippen LogP contribution in [0.4, 0.5) is 0 Å². The van der Waals surface area contributed by atoms with Crippen molar-refractivity contribution in [2.45, 2.75) is 13.8 Å². The third kappa shape index (κ3) is 2.37. The fraction of sp³-hybridized carbons (Fsp3) is 0.133. The Kier molecular flexibility index (Phi) is 3.51. The van der Waals surface area contributed by atoms with E-state index in [1.54, 1.807) is 24.5 Å². The third-order valence-electron chi connectivity index (χ3n) is 3.27. The molecule has 0 bridgehead atoms. The Balaban J connectivity index is 2.81. The highest BCUT2D eigenvalue weighted by Crippen LogP contribution is 2.24. The molecule has 0 unspecified atom stereocenters. The van der Waals surface area contributed by atoms with Gasteiger partial charge in [-0.15, -0.1) is 0 Å². The smallest absolute Gasteiger partial charge is 0.337 e. The third-order valence-corrected chi connectivity index (χ3v) is 3.27. The molecule has 1 aromatic heterocycles. The van der Waals surface area contributed by atoms with Crippen molar-refractivity contribution in [1.29, 1.82) is 5.26 Å². The molecule has 0 saturated heterocycles. The average molecular weight is 284 g/mol. The van der Waals surface area contributed by atoms with Gasteiger partial charge in [0.1, 0.15) is 6.07 Å². The molecule has 0 spiro atoms. The predicted molar refractivity (Wildman–Crippen MR) is 73.9 cm³/mol. The summed E-state index contributed by atoms with van der Waals surface area (Å²) in [5.74, 6) is -2.30. The van der Waals surface area contributed by atoms with Crippen molar-refractivity contribution in [3.63, 3.8) is 0 Å². The molecule has 0 aliphatic carbocycles. The molecule has 1 aromatic carbocycles. The first-order valence-corrected chi connectivity index (χ1v) is 6.07. The van der Waals surface area contributed by atoms with E-state index in [1.165, 1.54) is 18.2 Å². The van der Waals surface area contributed by atoms with Crippen molar-refractivity contribution in [3.05, 3.63) is 52.3 Å². The first kappa shape index (κ1) is 14.3. The maximum absolute atomic E-state index is 11.3. The fourth-order valence-electron chi connectivity index (χ4n) is 2.28. The summed E-state index contributed by atoms with van der Waals surface area (Å²) in [6.45, 7) is 3.41. The molecule has 6 nitrogen and oxygen atoms in total. The second-order valence-corrected chi connectivity index (χ2v) is 4.57. The summed E-state index contributed by atoms with van der Waals surface area (Å²) in [6.07, 6.45) is 0. The molecule has 0 fully saturated rings. The first-order chi connectivity index (χ1) is 9.86. The van der Waals surface area contributed by atoms with Crippen molar-refractivity contribution in [1.82, 2.24) is 4.57 Å². The molecule has 0 aliphatic rings. The van der Waals surface area contributed by atoms with Crippen LogP contribution in [0.2, 0.25) is 0 Å². The average Bonchev–Trinajstić information content (AvgIpc) is 2.72. The Morgan fingerprint density at radius 3 is 2.29 bits per heavy atom. The highest BCUT2D eigenvalue weighted by molar-refractivity contribution is 5.95. The van der Waals surface area contributed by atoms with Crippen molar-refractivity contribution in [3.8, 4) is 11.8 Å². The van der Waals surface area contributed by atoms with Crippen LogP contribution in [0.5, 0.6) is 0 Å². The van der Waals surface area contributed by atoms with E-state index >= 15 is 0 Å². The van der Waals surface area contributed by atoms with E-state index in [-0.39, 0.29) is 16.8 Å². The predicted octanol–water partition coefficient (Wildman–Crippen LogP) is 2.36. The molecule has 2 N–H and O–H groups in total. The molecule has 0 aliphatic heterocycles. The molecule has 21 heavy (non-hydrogen) atoms. The van der Waals surface area contributed by atoms with E-state index in [9.17, 15) is 14.7 Å². The van der Waals surface area contributed by atoms with E-state index in [0.717, 1.165) is 0 Å². The van der Waals surface area contributed by atoms with E-state index in [4.69, 9.17) is 10.4 Å². The zero-order valence-electron chi connectivity index (χ0n) is 11.4. The lowest BCUT2D eigenvalue weighted by Crippen LogP contribution is -2.10. The molecule has 1 heterocycles. The van der Waals surface area contributed by atoms with E-state index < -0.39 is 11.9 Å². The fourth-order valence-corrected chi connectivity index (χ4v) is 2.28. The molecule has 6 heteroatoms. The standard InChI is InChI=1S/C15H12N2O4/c1-8-5-11(7-16)9(2)17(8)13-6-10(14(18)19)3-4-12(13)15(20)21/h3-6H,1-2H3,(H,18,19)(H,20,21). The normalized spacial score (nSPS) is 10.1. The number of aryl methyl sites for hydroxylation is 1. The maximum atomic E-state index is 11.3. The van der Waals surface area contributed by atoms with Gasteiger partial charge in [-0.1, -0.05) is 0 Å². The minimum absolute atomic E-state index is 0.0130. The zero-order chi connectivity index (χ0) is 15.7. The SMILES string of the molecule is Cc1cc(C#N)c(C)n1-c1cc(C(=O)O)ccc1C(=O)O. The molecule has 2 aromatic rings. The highest BCUT2D eigenvalue weighted by Gasteiger charge is 2.18. The van der Waals surface area contributed by atoms with Gasteiger partial charge in [-0.25, -0.2) is 9.59 Å². The summed E-state index contributed by atoms with van der Waals surface area (Å²) in [7, 11) is 0. The lowest BCUT2D eigenvalue weighted by molar-refractivity contribution is 0.0681. The summed E-state index contributed by atoms with van der Waals surface area (Å²) in [6, 6.07) is 7.46. The summed E-state index contributed by atoms with van der Waals surface area (Å²) in [5.41, 5.74) is 1.85. The van der Waals surface area contributed by atoms with Crippen LogP contribution in [0, 0.1) is 25.2 Å². The van der Waals surface area contributed by atoms with Crippen LogP contribution in [0.25, 0.3) is 5.69 Å². The van der Waals surface area contributed by atoms with Gasteiger partial charge in [0, 0.05) is 11.4 Å². The molecule has 0 atom stereocenters. The quantitative estimate of drug-likeness (QED) is 0.900. The lowest BCUT2D eigenvalue weighted by Gasteiger charge is -2.13. The number of carbonyl (C=O) groups is 2. The second kappa shape index (κ2) is 5.13. The van der Waals surface area contributed by atoms with Crippen molar-refractivity contribution >= 4 is 11.9 Å². The van der Waals surface area contributed by atoms with Crippen molar-refractivity contribution in [2.24, 2.45) is 0 Å². The second-order valence-electron chi connectivity index (χ2n) is 4.57. The number of nitriles is 1. The summed E-state index contributed by atoms with van der Waals surface area (Å²) in [5, 5.41) is 27.4. The van der Waals surface area contributed by atoms with Crippen molar-refractivity contribution in [2.75, 3.05) is 0 Å². The molecule has 0 saturated carbocycles. The number of carboxylic acid groups (broad SMARTS) is 2. The summed E-state index contributed by atoms with van der Waals surface area (Å²) >= 11 is 0. The van der Waals surface area contributed by atoms with Gasteiger partial charge in [-0.05, 0) is 38.1 Å². The number of benzene rings is 1. The number of nitrogens with zero attached hydrogens (tertiary/aromatic N) is 2. The van der Waals surface area contributed by atoms with Gasteiger partial charge < -0.3 is 14.8 Å². The van der Waals surface area contributed by atoms with Gasteiger partial charge >= 0.3 is 11.9 Å². The lowest BCUT2D eigenvalue weighted by atomic mass is 10.1. The van der Waals surface area contributed by atoms with Crippen LogP contribution in [-0.2, 0) is 0 Å². The zero-order valence-corrected chi connectivity index (χ0v) is 11.4. The van der Waals surface area contributed by atoms with Crippen LogP contribution in [-0.4, -0.2) is 26.7 Å². The monoisotopic (exact) mass is 284 g/mol. The van der Waals surface area contributed by atoms with E-state index in [2.05, 4.69) is 0 Å². The Morgan fingerprint density at radius 1 is 1.14 bits per heavy atom. The van der Waals surface area contributed by atoms with Crippen LogP contribution in [0.15, 0.2) is 24.3 Å². The number of aromatic nitrogens is 1. The molecular weight excluding hydrogens is 272 g/mol. The number of rotatable bonds is 3. The van der Waals surface area contributed by atoms with Crippen molar-refractivity contribution < 1.29 is 19.8 Å². The molecule has 0 amide bonds. The first-order valence-electron chi connectivity index (χ1n) is 6.07. The Morgan fingerprint density at radius 2 is 1.81 bits per heavy atom. The van der Waals surface area contributed by atoms with Gasteiger partial charge in [0.2, 0.25) is 0 Å².